The van der Waals surface area contributed by atoms with Crippen LogP contribution in [0.1, 0.15) is 5.56 Å². The molecule has 2 rings (SSSR count). The molecule has 0 unspecified atom stereocenters. The Morgan fingerprint density at radius 3 is 3.06 bits per heavy atom. The molecule has 0 amide bonds. The first-order valence-electron chi connectivity index (χ1n) is 4.89. The number of aromatic nitrogens is 1. The van der Waals surface area contributed by atoms with Gasteiger partial charge < -0.3 is 10.1 Å². The van der Waals surface area contributed by atoms with Crippen molar-refractivity contribution >= 4 is 17.7 Å². The van der Waals surface area contributed by atoms with Gasteiger partial charge in [0.2, 0.25) is 0 Å². The molecule has 1 atom stereocenters. The smallest absolute Gasteiger partial charge is 0.311 e. The van der Waals surface area contributed by atoms with Crippen LogP contribution in [-0.2, 0) is 11.2 Å². The Hall–Kier alpha value is -1.49. The van der Waals surface area contributed by atoms with Crippen molar-refractivity contribution in [3.05, 3.63) is 45.2 Å². The van der Waals surface area contributed by atoms with E-state index in [1.165, 1.54) is 17.8 Å². The molecule has 1 aliphatic heterocycles. The largest absolute Gasteiger partial charge is 0.481 e. The molecular formula is C11H11NO3S. The maximum absolute atomic E-state index is 11.4. The summed E-state index contributed by atoms with van der Waals surface area (Å²) in [7, 11) is 0. The zero-order chi connectivity index (χ0) is 11.5. The molecule has 0 bridgehead atoms. The van der Waals surface area contributed by atoms with Crippen molar-refractivity contribution in [3.8, 4) is 0 Å². The Labute approximate surface area is 96.4 Å². The normalized spacial score (nSPS) is 19.5. The van der Waals surface area contributed by atoms with Gasteiger partial charge in [-0.3, -0.25) is 9.59 Å². The van der Waals surface area contributed by atoms with E-state index in [-0.39, 0.29) is 5.43 Å². The summed E-state index contributed by atoms with van der Waals surface area (Å²) in [6.45, 7) is 0. The molecule has 0 spiro atoms. The first kappa shape index (κ1) is 11.0. The highest BCUT2D eigenvalue weighted by Crippen LogP contribution is 2.31. The van der Waals surface area contributed by atoms with Gasteiger partial charge in [0.1, 0.15) is 0 Å². The van der Waals surface area contributed by atoms with Gasteiger partial charge in [-0.15, -0.1) is 11.8 Å². The van der Waals surface area contributed by atoms with Crippen LogP contribution in [0.25, 0.3) is 0 Å². The van der Waals surface area contributed by atoms with Crippen LogP contribution in [0.2, 0.25) is 0 Å². The molecule has 1 aromatic heterocycles. The Morgan fingerprint density at radius 2 is 2.44 bits per heavy atom. The summed E-state index contributed by atoms with van der Waals surface area (Å²) in [4.78, 5) is 26.0. The molecule has 2 N–H and O–H groups in total. The van der Waals surface area contributed by atoms with Crippen LogP contribution in [0, 0.1) is 5.92 Å². The van der Waals surface area contributed by atoms with Gasteiger partial charge in [-0.1, -0.05) is 6.08 Å². The molecule has 0 saturated carbocycles. The average molecular weight is 237 g/mol. The number of rotatable bonds is 3. The van der Waals surface area contributed by atoms with Crippen molar-refractivity contribution in [3.63, 3.8) is 0 Å². The fourth-order valence-corrected chi connectivity index (χ4v) is 2.70. The number of nitrogens with one attached hydrogen (secondary N) is 1. The lowest BCUT2D eigenvalue weighted by Gasteiger charge is -1.99. The van der Waals surface area contributed by atoms with Crippen molar-refractivity contribution in [1.29, 1.82) is 0 Å². The fraction of sp³-hybridized carbons (Fsp3) is 0.273. The minimum absolute atomic E-state index is 0.0148. The van der Waals surface area contributed by atoms with Crippen molar-refractivity contribution in [1.82, 2.24) is 4.98 Å². The van der Waals surface area contributed by atoms with Gasteiger partial charge >= 0.3 is 5.97 Å². The molecule has 0 radical (unpaired) electrons. The molecule has 1 aromatic rings. The van der Waals surface area contributed by atoms with Gasteiger partial charge in [0.15, 0.2) is 5.43 Å². The quantitative estimate of drug-likeness (QED) is 0.830. The first-order valence-corrected chi connectivity index (χ1v) is 5.87. The van der Waals surface area contributed by atoms with E-state index < -0.39 is 11.9 Å². The minimum atomic E-state index is -0.801. The molecule has 0 saturated heterocycles. The van der Waals surface area contributed by atoms with Crippen LogP contribution in [0.3, 0.4) is 0 Å². The maximum Gasteiger partial charge on any atom is 0.311 e. The Morgan fingerprint density at radius 1 is 1.62 bits per heavy atom. The molecule has 2 heterocycles. The van der Waals surface area contributed by atoms with Crippen molar-refractivity contribution < 1.29 is 9.90 Å². The van der Waals surface area contributed by atoms with E-state index in [1.807, 2.05) is 0 Å². The third-order valence-corrected chi connectivity index (χ3v) is 3.60. The second kappa shape index (κ2) is 4.57. The molecule has 0 aliphatic carbocycles. The van der Waals surface area contributed by atoms with Crippen molar-refractivity contribution in [2.24, 2.45) is 5.92 Å². The standard InChI is InChI=1S/C11H11NO3S/c13-10-1-2-12-5-7(10)3-9-4-8(6-16-9)11(14)15/h1-2,4-5,8H,3,6H2,(H,12,13)(H,14,15)/t8-/m0/s1. The Balaban J connectivity index is 2.13. The second-order valence-electron chi connectivity index (χ2n) is 3.60. The number of aromatic amines is 1. The van der Waals surface area contributed by atoms with Crippen LogP contribution in [0.4, 0.5) is 0 Å². The fourth-order valence-electron chi connectivity index (χ4n) is 1.55. The van der Waals surface area contributed by atoms with Crippen LogP contribution in [-0.4, -0.2) is 21.8 Å². The number of aliphatic carboxylic acids is 1. The molecule has 0 fully saturated rings. The summed E-state index contributed by atoms with van der Waals surface area (Å²) >= 11 is 1.51. The Bertz CT molecular complexity index is 492. The van der Waals surface area contributed by atoms with Gasteiger partial charge in [0.25, 0.3) is 0 Å². The third-order valence-electron chi connectivity index (χ3n) is 2.42. The molecule has 84 valence electrons. The predicted molar refractivity (Wildman–Crippen MR) is 62.4 cm³/mol. The van der Waals surface area contributed by atoms with E-state index >= 15 is 0 Å². The molecule has 5 heteroatoms. The number of carboxylic acids is 1. The number of pyridine rings is 1. The highest BCUT2D eigenvalue weighted by Gasteiger charge is 2.22. The average Bonchev–Trinajstić information content (AvgIpc) is 2.70. The van der Waals surface area contributed by atoms with Gasteiger partial charge in [0, 0.05) is 36.2 Å². The lowest BCUT2D eigenvalue weighted by atomic mass is 10.1. The highest BCUT2D eigenvalue weighted by atomic mass is 32.2. The predicted octanol–water partition coefficient (Wildman–Crippen LogP) is 1.25. The minimum Gasteiger partial charge on any atom is -0.481 e. The zero-order valence-corrected chi connectivity index (χ0v) is 9.29. The van der Waals surface area contributed by atoms with Gasteiger partial charge in [-0.25, -0.2) is 0 Å². The number of hydrogen-bond acceptors (Lipinski definition) is 3. The highest BCUT2D eigenvalue weighted by molar-refractivity contribution is 8.03. The molecule has 16 heavy (non-hydrogen) atoms. The van der Waals surface area contributed by atoms with E-state index in [1.54, 1.807) is 18.5 Å². The number of H-pyrrole nitrogens is 1. The molecule has 1 aliphatic rings. The third kappa shape index (κ3) is 2.36. The first-order chi connectivity index (χ1) is 7.66. The molecule has 0 aromatic carbocycles. The summed E-state index contributed by atoms with van der Waals surface area (Å²) in [5, 5.41) is 8.83. The lowest BCUT2D eigenvalue weighted by Crippen LogP contribution is -2.10. The molecular weight excluding hydrogens is 226 g/mol. The summed E-state index contributed by atoms with van der Waals surface area (Å²) in [5.41, 5.74) is 0.659. The number of allylic oxidation sites excluding steroid dienone is 1. The number of thioether (sulfide) groups is 1. The summed E-state index contributed by atoms with van der Waals surface area (Å²) in [6.07, 6.45) is 5.50. The lowest BCUT2D eigenvalue weighted by molar-refractivity contribution is -0.139. The Kier molecular flexibility index (Phi) is 3.14. The zero-order valence-electron chi connectivity index (χ0n) is 8.47. The van der Waals surface area contributed by atoms with Crippen molar-refractivity contribution in [2.45, 2.75) is 6.42 Å². The van der Waals surface area contributed by atoms with E-state index in [4.69, 9.17) is 5.11 Å². The van der Waals surface area contributed by atoms with Gasteiger partial charge in [0.05, 0.1) is 5.92 Å². The topological polar surface area (TPSA) is 70.2 Å². The SMILES string of the molecule is O=C(O)[C@H]1C=C(Cc2c[nH]ccc2=O)SC1. The summed E-state index contributed by atoms with van der Waals surface area (Å²) in [6, 6.07) is 1.48. The van der Waals surface area contributed by atoms with E-state index in [9.17, 15) is 9.59 Å². The van der Waals surface area contributed by atoms with Crippen molar-refractivity contribution in [2.75, 3.05) is 5.75 Å². The monoisotopic (exact) mass is 237 g/mol. The summed E-state index contributed by atoms with van der Waals surface area (Å²) < 4.78 is 0. The maximum atomic E-state index is 11.4. The van der Waals surface area contributed by atoms with Gasteiger partial charge in [-0.05, 0) is 4.91 Å². The van der Waals surface area contributed by atoms with Gasteiger partial charge in [-0.2, -0.15) is 0 Å². The number of carboxylic acid groups (broad SMARTS) is 1. The van der Waals surface area contributed by atoms with E-state index in [0.29, 0.717) is 17.7 Å². The van der Waals surface area contributed by atoms with E-state index in [2.05, 4.69) is 4.98 Å². The van der Waals surface area contributed by atoms with Crippen LogP contribution >= 0.6 is 11.8 Å². The van der Waals surface area contributed by atoms with Crippen LogP contribution < -0.4 is 5.43 Å². The van der Waals surface area contributed by atoms with Crippen LogP contribution in [0.15, 0.2) is 34.2 Å². The van der Waals surface area contributed by atoms with E-state index in [0.717, 1.165) is 4.91 Å². The van der Waals surface area contributed by atoms with Crippen LogP contribution in [0.5, 0.6) is 0 Å². The second-order valence-corrected chi connectivity index (χ2v) is 4.75. The number of hydrogen-bond donors (Lipinski definition) is 2. The number of carbonyl (C=O) groups is 1. The summed E-state index contributed by atoms with van der Waals surface area (Å²) in [5.74, 6) is -0.651. The molecule has 4 nitrogen and oxygen atoms in total.